The van der Waals surface area contributed by atoms with Gasteiger partial charge in [0.05, 0.1) is 18.1 Å². The Kier molecular flexibility index (Phi) is 6.32. The van der Waals surface area contributed by atoms with Crippen LogP contribution in [0.1, 0.15) is 51.3 Å². The molecule has 0 amide bonds. The van der Waals surface area contributed by atoms with E-state index in [1.165, 1.54) is 7.11 Å². The van der Waals surface area contributed by atoms with E-state index in [1.54, 1.807) is 13.8 Å². The molecule has 0 saturated carbocycles. The second-order valence-corrected chi connectivity index (χ2v) is 10.5. The van der Waals surface area contributed by atoms with E-state index in [1.807, 2.05) is 75.4 Å². The topological polar surface area (TPSA) is 64.6 Å². The first-order valence-corrected chi connectivity index (χ1v) is 11.9. The second kappa shape index (κ2) is 8.97. The molecular formula is C30H33NO4. The Morgan fingerprint density at radius 2 is 1.26 bits per heavy atom. The van der Waals surface area contributed by atoms with Crippen molar-refractivity contribution in [3.8, 4) is 11.1 Å². The predicted octanol–water partition coefficient (Wildman–Crippen LogP) is 5.46. The van der Waals surface area contributed by atoms with Crippen molar-refractivity contribution in [1.82, 2.24) is 5.32 Å². The quantitative estimate of drug-likeness (QED) is 0.484. The third-order valence-corrected chi connectivity index (χ3v) is 6.60. The lowest BCUT2D eigenvalue weighted by Gasteiger charge is -2.42. The van der Waals surface area contributed by atoms with E-state index in [0.29, 0.717) is 0 Å². The Bertz CT molecular complexity index is 1190. The normalized spacial score (nSPS) is 15.0. The standard InChI is InChI=1S/C30H33NO4/c1-28(2,3)35-26(32)25(29(4,5)27(33)34-6)31-30(20-14-8-7-9-15-20)23-18-12-10-16-21(23)22-17-11-13-19-24(22)30/h7-19,25,31H,1-6H3/t25-/m1/s1. The molecular weight excluding hydrogens is 438 g/mol. The minimum atomic E-state index is -1.22. The van der Waals surface area contributed by atoms with Crippen LogP contribution in [0.15, 0.2) is 78.9 Å². The SMILES string of the molecule is COC(=O)C(C)(C)[C@H](NC1(c2ccccc2)c2ccccc2-c2ccccc21)C(=O)OC(C)(C)C. The summed E-state index contributed by atoms with van der Waals surface area (Å²) in [7, 11) is 1.34. The molecule has 182 valence electrons. The Labute approximate surface area is 207 Å². The molecule has 5 heteroatoms. The molecule has 4 rings (SSSR count). The van der Waals surface area contributed by atoms with Gasteiger partial charge in [0.25, 0.3) is 0 Å². The summed E-state index contributed by atoms with van der Waals surface area (Å²) in [6, 6.07) is 25.4. The lowest BCUT2D eigenvalue weighted by atomic mass is 9.76. The summed E-state index contributed by atoms with van der Waals surface area (Å²) >= 11 is 0. The summed E-state index contributed by atoms with van der Waals surface area (Å²) in [5.41, 5.74) is 2.33. The van der Waals surface area contributed by atoms with Crippen molar-refractivity contribution in [1.29, 1.82) is 0 Å². The minimum absolute atomic E-state index is 0.497. The molecule has 1 atom stereocenters. The molecule has 3 aromatic carbocycles. The molecule has 0 aliphatic heterocycles. The van der Waals surface area contributed by atoms with Gasteiger partial charge in [-0.15, -0.1) is 0 Å². The number of hydrogen-bond donors (Lipinski definition) is 1. The smallest absolute Gasteiger partial charge is 0.324 e. The Morgan fingerprint density at radius 1 is 0.771 bits per heavy atom. The average molecular weight is 472 g/mol. The van der Waals surface area contributed by atoms with Crippen molar-refractivity contribution < 1.29 is 19.1 Å². The molecule has 1 aliphatic carbocycles. The largest absolute Gasteiger partial charge is 0.469 e. The van der Waals surface area contributed by atoms with Gasteiger partial charge in [-0.05, 0) is 62.4 Å². The minimum Gasteiger partial charge on any atom is -0.469 e. The highest BCUT2D eigenvalue weighted by atomic mass is 16.6. The Balaban J connectivity index is 1.99. The Morgan fingerprint density at radius 3 is 1.74 bits per heavy atom. The van der Waals surface area contributed by atoms with Gasteiger partial charge in [0.2, 0.25) is 0 Å². The van der Waals surface area contributed by atoms with E-state index >= 15 is 0 Å². The van der Waals surface area contributed by atoms with Crippen molar-refractivity contribution in [2.24, 2.45) is 5.41 Å². The van der Waals surface area contributed by atoms with Gasteiger partial charge in [-0.1, -0.05) is 78.9 Å². The van der Waals surface area contributed by atoms with Gasteiger partial charge in [0, 0.05) is 0 Å². The van der Waals surface area contributed by atoms with Crippen LogP contribution in [-0.4, -0.2) is 30.7 Å². The zero-order valence-corrected chi connectivity index (χ0v) is 21.2. The molecule has 1 N–H and O–H groups in total. The van der Waals surface area contributed by atoms with E-state index in [2.05, 4.69) is 29.6 Å². The molecule has 35 heavy (non-hydrogen) atoms. The first-order valence-electron chi connectivity index (χ1n) is 11.9. The highest BCUT2D eigenvalue weighted by Crippen LogP contribution is 2.51. The maximum Gasteiger partial charge on any atom is 0.324 e. The second-order valence-electron chi connectivity index (χ2n) is 10.5. The monoisotopic (exact) mass is 471 g/mol. The predicted molar refractivity (Wildman–Crippen MR) is 137 cm³/mol. The van der Waals surface area contributed by atoms with E-state index in [4.69, 9.17) is 9.47 Å². The first-order chi connectivity index (χ1) is 16.5. The number of hydrogen-bond acceptors (Lipinski definition) is 5. The van der Waals surface area contributed by atoms with E-state index in [9.17, 15) is 9.59 Å². The summed E-state index contributed by atoms with van der Waals surface area (Å²) < 4.78 is 11.0. The van der Waals surface area contributed by atoms with Gasteiger partial charge in [-0.3, -0.25) is 14.9 Å². The summed E-state index contributed by atoms with van der Waals surface area (Å²) in [5, 5.41) is 3.66. The zero-order chi connectivity index (χ0) is 25.4. The van der Waals surface area contributed by atoms with Crippen LogP contribution in [0.25, 0.3) is 11.1 Å². The van der Waals surface area contributed by atoms with Gasteiger partial charge in [0.1, 0.15) is 11.6 Å². The maximum atomic E-state index is 13.7. The van der Waals surface area contributed by atoms with Gasteiger partial charge < -0.3 is 9.47 Å². The van der Waals surface area contributed by atoms with Crippen LogP contribution in [0.3, 0.4) is 0 Å². The molecule has 0 spiro atoms. The number of ether oxygens (including phenoxy) is 2. The molecule has 5 nitrogen and oxygen atoms in total. The number of carbonyl (C=O) groups is 2. The van der Waals surface area contributed by atoms with Crippen LogP contribution in [0.4, 0.5) is 0 Å². The highest BCUT2D eigenvalue weighted by Gasteiger charge is 2.52. The fraction of sp³-hybridized carbons (Fsp3) is 0.333. The highest BCUT2D eigenvalue weighted by molar-refractivity contribution is 5.89. The van der Waals surface area contributed by atoms with Gasteiger partial charge >= 0.3 is 11.9 Å². The van der Waals surface area contributed by atoms with E-state index in [-0.39, 0.29) is 0 Å². The summed E-state index contributed by atoms with van der Waals surface area (Å²) in [4.78, 5) is 26.7. The van der Waals surface area contributed by atoms with Gasteiger partial charge in [-0.2, -0.15) is 0 Å². The Hall–Kier alpha value is -3.44. The number of benzene rings is 3. The van der Waals surface area contributed by atoms with Crippen LogP contribution in [0.2, 0.25) is 0 Å². The van der Waals surface area contributed by atoms with Crippen LogP contribution in [0, 0.1) is 5.41 Å². The number of esters is 2. The summed E-state index contributed by atoms with van der Waals surface area (Å²) in [5.74, 6) is -1.01. The van der Waals surface area contributed by atoms with E-state index in [0.717, 1.165) is 27.8 Å². The third-order valence-electron chi connectivity index (χ3n) is 6.60. The fourth-order valence-corrected chi connectivity index (χ4v) is 4.97. The van der Waals surface area contributed by atoms with Crippen LogP contribution in [-0.2, 0) is 24.6 Å². The van der Waals surface area contributed by atoms with Crippen LogP contribution < -0.4 is 5.32 Å². The van der Waals surface area contributed by atoms with Gasteiger partial charge in [-0.25, -0.2) is 0 Å². The molecule has 0 heterocycles. The van der Waals surface area contributed by atoms with Crippen molar-refractivity contribution >= 4 is 11.9 Å². The lowest BCUT2D eigenvalue weighted by molar-refractivity contribution is -0.169. The molecule has 0 aromatic heterocycles. The summed E-state index contributed by atoms with van der Waals surface area (Å²) in [6.07, 6.45) is 0. The van der Waals surface area contributed by atoms with Gasteiger partial charge in [0.15, 0.2) is 0 Å². The number of methoxy groups -OCH3 is 1. The molecule has 3 aromatic rings. The molecule has 0 unspecified atom stereocenters. The molecule has 1 aliphatic rings. The summed E-state index contributed by atoms with van der Waals surface area (Å²) in [6.45, 7) is 8.89. The third kappa shape index (κ3) is 4.25. The van der Waals surface area contributed by atoms with Crippen molar-refractivity contribution in [3.63, 3.8) is 0 Å². The van der Waals surface area contributed by atoms with Crippen LogP contribution in [0.5, 0.6) is 0 Å². The number of fused-ring (bicyclic) bond motifs is 3. The number of carbonyl (C=O) groups excluding carboxylic acids is 2. The molecule has 0 fully saturated rings. The molecule has 0 radical (unpaired) electrons. The lowest BCUT2D eigenvalue weighted by Crippen LogP contribution is -2.60. The maximum absolute atomic E-state index is 13.7. The van der Waals surface area contributed by atoms with Crippen molar-refractivity contribution in [3.05, 3.63) is 95.6 Å². The number of rotatable bonds is 6. The fourth-order valence-electron chi connectivity index (χ4n) is 4.97. The molecule has 0 saturated heterocycles. The van der Waals surface area contributed by atoms with Crippen molar-refractivity contribution in [2.75, 3.05) is 7.11 Å². The first kappa shape index (κ1) is 24.7. The van der Waals surface area contributed by atoms with E-state index < -0.39 is 34.5 Å². The van der Waals surface area contributed by atoms with Crippen LogP contribution >= 0.6 is 0 Å². The van der Waals surface area contributed by atoms with Crippen molar-refractivity contribution in [2.45, 2.75) is 51.8 Å². The molecule has 0 bridgehead atoms. The zero-order valence-electron chi connectivity index (χ0n) is 21.2. The number of nitrogens with one attached hydrogen (secondary N) is 1. The average Bonchev–Trinajstić information content (AvgIpc) is 3.12.